The Labute approximate surface area is 237 Å². The van der Waals surface area contributed by atoms with Crippen LogP contribution in [0.1, 0.15) is 23.5 Å². The van der Waals surface area contributed by atoms with Gasteiger partial charge in [-0.3, -0.25) is 10.00 Å². The Balaban J connectivity index is 0.000000201. The van der Waals surface area contributed by atoms with E-state index in [-0.39, 0.29) is 6.61 Å². The lowest BCUT2D eigenvalue weighted by atomic mass is 9.98. The van der Waals surface area contributed by atoms with Crippen molar-refractivity contribution in [3.8, 4) is 16.9 Å². The Kier molecular flexibility index (Phi) is 10.2. The van der Waals surface area contributed by atoms with Crippen molar-refractivity contribution in [2.45, 2.75) is 25.8 Å². The molecule has 1 aliphatic heterocycles. The van der Waals surface area contributed by atoms with Gasteiger partial charge < -0.3 is 20.5 Å². The second-order valence-corrected chi connectivity index (χ2v) is 9.73. The lowest BCUT2D eigenvalue weighted by Gasteiger charge is -2.15. The van der Waals surface area contributed by atoms with E-state index in [4.69, 9.17) is 15.6 Å². The van der Waals surface area contributed by atoms with E-state index in [2.05, 4.69) is 20.4 Å². The van der Waals surface area contributed by atoms with Gasteiger partial charge in [-0.15, -0.1) is 0 Å². The molecule has 0 saturated carbocycles. The van der Waals surface area contributed by atoms with E-state index in [0.29, 0.717) is 30.6 Å². The number of anilines is 1. The number of ether oxygens (including phenoxy) is 1. The third-order valence-electron chi connectivity index (χ3n) is 6.90. The summed E-state index contributed by atoms with van der Waals surface area (Å²) in [7, 11) is 1.68. The van der Waals surface area contributed by atoms with Gasteiger partial charge in [-0.25, -0.2) is 18.3 Å². The van der Waals surface area contributed by atoms with E-state index in [1.54, 1.807) is 34.9 Å². The van der Waals surface area contributed by atoms with E-state index in [0.717, 1.165) is 48.4 Å². The van der Waals surface area contributed by atoms with Crippen LogP contribution in [0.4, 0.5) is 19.4 Å². The number of likely N-dealkylation sites (tertiary alicyclic amines) is 1. The molecule has 10 nitrogen and oxygen atoms in total. The van der Waals surface area contributed by atoms with Crippen molar-refractivity contribution >= 4 is 11.8 Å². The van der Waals surface area contributed by atoms with Gasteiger partial charge in [0.25, 0.3) is 0 Å². The third kappa shape index (κ3) is 7.54. The van der Waals surface area contributed by atoms with Gasteiger partial charge in [0.05, 0.1) is 31.6 Å². The number of primary amides is 1. The molecule has 12 heteroatoms. The number of aromatic nitrogens is 4. The fourth-order valence-corrected chi connectivity index (χ4v) is 4.79. The summed E-state index contributed by atoms with van der Waals surface area (Å²) >= 11 is 0. The molecule has 1 saturated heterocycles. The maximum absolute atomic E-state index is 13.1. The minimum absolute atomic E-state index is 0.00698. The number of halogens is 2. The average Bonchev–Trinajstić information content (AvgIpc) is 3.70. The fourth-order valence-electron chi connectivity index (χ4n) is 4.79. The van der Waals surface area contributed by atoms with Gasteiger partial charge in [-0.1, -0.05) is 24.3 Å². The molecule has 2 amide bonds. The maximum atomic E-state index is 13.1. The number of rotatable bonds is 9. The molecule has 3 heterocycles. The van der Waals surface area contributed by atoms with Crippen LogP contribution in [-0.2, 0) is 11.3 Å². The number of aliphatic hydroxyl groups is 1. The number of nitrogens with two attached hydrogens (primary N) is 1. The number of para-hydroxylation sites is 1. The van der Waals surface area contributed by atoms with Crippen LogP contribution >= 0.6 is 0 Å². The fraction of sp³-hybridized carbons (Fsp3) is 0.345. The van der Waals surface area contributed by atoms with Crippen LogP contribution in [0.15, 0.2) is 60.9 Å². The molecule has 0 radical (unpaired) electrons. The number of urea groups is 1. The lowest BCUT2D eigenvalue weighted by molar-refractivity contribution is 0.160. The number of aliphatic hydroxyl groups excluding tert-OH is 1. The van der Waals surface area contributed by atoms with Crippen molar-refractivity contribution in [2.75, 3.05) is 45.3 Å². The number of hydrogen-bond acceptors (Lipinski definition) is 6. The molecule has 2 aromatic heterocycles. The SMILES string of the molecule is COCCN1CCC(c2ccc(F)c(F)c2)C1.Cc1c(-c2cnn(CCO)c2)nn(-c2ccccc2)c1NC(N)=O. The van der Waals surface area contributed by atoms with Crippen molar-refractivity contribution in [3.05, 3.63) is 83.7 Å². The van der Waals surface area contributed by atoms with Crippen LogP contribution in [0.3, 0.4) is 0 Å². The van der Waals surface area contributed by atoms with Crippen molar-refractivity contribution in [1.82, 2.24) is 24.5 Å². The lowest BCUT2D eigenvalue weighted by Crippen LogP contribution is -2.24. The molecule has 218 valence electrons. The molecule has 0 aliphatic carbocycles. The standard InChI is InChI=1S/C16H18N6O2.C13H17F2NO/c1-11-14(12-9-18-21(10-12)7-8-23)20-22(15(11)19-16(17)24)13-5-3-2-4-6-13;1-17-7-6-16-5-4-11(9-16)10-2-3-12(14)13(15)8-10/h2-6,9-10,23H,7-8H2,1H3,(H3,17,19,24);2-3,8,11H,4-7,9H2,1H3. The number of nitrogens with one attached hydrogen (secondary N) is 1. The van der Waals surface area contributed by atoms with Crippen molar-refractivity contribution in [2.24, 2.45) is 5.73 Å². The predicted octanol–water partition coefficient (Wildman–Crippen LogP) is 3.93. The van der Waals surface area contributed by atoms with E-state index in [1.807, 2.05) is 37.3 Å². The van der Waals surface area contributed by atoms with Crippen LogP contribution < -0.4 is 11.1 Å². The number of benzene rings is 2. The topological polar surface area (TPSA) is 123 Å². The molecule has 4 aromatic rings. The monoisotopic (exact) mass is 567 g/mol. The first-order chi connectivity index (χ1) is 19.8. The Morgan fingerprint density at radius 1 is 1.17 bits per heavy atom. The zero-order valence-electron chi connectivity index (χ0n) is 23.1. The average molecular weight is 568 g/mol. The van der Waals surface area contributed by atoms with Crippen LogP contribution in [-0.4, -0.2) is 75.6 Å². The number of hydrogen-bond donors (Lipinski definition) is 3. The van der Waals surface area contributed by atoms with Gasteiger partial charge in [0.1, 0.15) is 11.5 Å². The van der Waals surface area contributed by atoms with Gasteiger partial charge >= 0.3 is 6.03 Å². The zero-order valence-corrected chi connectivity index (χ0v) is 23.1. The summed E-state index contributed by atoms with van der Waals surface area (Å²) < 4.78 is 34.3. The highest BCUT2D eigenvalue weighted by atomic mass is 19.2. The van der Waals surface area contributed by atoms with Gasteiger partial charge in [0.2, 0.25) is 0 Å². The molecule has 2 aromatic carbocycles. The summed E-state index contributed by atoms with van der Waals surface area (Å²) in [5.41, 5.74) is 9.25. The van der Waals surface area contributed by atoms with Gasteiger partial charge in [-0.2, -0.15) is 10.2 Å². The predicted molar refractivity (Wildman–Crippen MR) is 152 cm³/mol. The number of nitrogens with zero attached hydrogens (tertiary/aromatic N) is 5. The van der Waals surface area contributed by atoms with Crippen molar-refractivity contribution in [3.63, 3.8) is 0 Å². The van der Waals surface area contributed by atoms with Crippen LogP contribution in [0, 0.1) is 18.6 Å². The Morgan fingerprint density at radius 2 is 1.95 bits per heavy atom. The van der Waals surface area contributed by atoms with E-state index < -0.39 is 17.7 Å². The highest BCUT2D eigenvalue weighted by molar-refractivity contribution is 5.89. The Bertz CT molecular complexity index is 1440. The molecule has 0 bridgehead atoms. The molecule has 1 unspecified atom stereocenters. The first kappa shape index (κ1) is 29.8. The normalized spacial score (nSPS) is 15.0. The second kappa shape index (κ2) is 14.0. The summed E-state index contributed by atoms with van der Waals surface area (Å²) in [6, 6.07) is 13.0. The minimum Gasteiger partial charge on any atom is -0.394 e. The smallest absolute Gasteiger partial charge is 0.317 e. The van der Waals surface area contributed by atoms with Gasteiger partial charge in [-0.05, 0) is 55.6 Å². The van der Waals surface area contributed by atoms with E-state index >= 15 is 0 Å². The highest BCUT2D eigenvalue weighted by Crippen LogP contribution is 2.30. The first-order valence-corrected chi connectivity index (χ1v) is 13.3. The summed E-state index contributed by atoms with van der Waals surface area (Å²) in [5, 5.41) is 20.4. The molecule has 0 spiro atoms. The minimum atomic E-state index is -0.775. The summed E-state index contributed by atoms with van der Waals surface area (Å²) in [4.78, 5) is 13.7. The van der Waals surface area contributed by atoms with Crippen molar-refractivity contribution < 1.29 is 23.4 Å². The summed E-state index contributed by atoms with van der Waals surface area (Å²) in [6.45, 7) is 5.77. The molecule has 41 heavy (non-hydrogen) atoms. The first-order valence-electron chi connectivity index (χ1n) is 13.3. The summed E-state index contributed by atoms with van der Waals surface area (Å²) in [5.74, 6) is -0.707. The van der Waals surface area contributed by atoms with E-state index in [9.17, 15) is 13.6 Å². The third-order valence-corrected chi connectivity index (χ3v) is 6.90. The molecule has 1 atom stereocenters. The Morgan fingerprint density at radius 3 is 2.63 bits per heavy atom. The molecular formula is C29H35F2N7O3. The number of carbonyl (C=O) groups excluding carboxylic acids is 1. The van der Waals surface area contributed by atoms with E-state index in [1.165, 1.54) is 12.1 Å². The largest absolute Gasteiger partial charge is 0.394 e. The molecule has 1 fully saturated rings. The molecular weight excluding hydrogens is 532 g/mol. The van der Waals surface area contributed by atoms with Crippen LogP contribution in [0.2, 0.25) is 0 Å². The quantitative estimate of drug-likeness (QED) is 0.282. The highest BCUT2D eigenvalue weighted by Gasteiger charge is 2.24. The van der Waals surface area contributed by atoms with Gasteiger partial charge in [0, 0.05) is 37.5 Å². The number of methoxy groups -OCH3 is 1. The molecule has 5 rings (SSSR count). The van der Waals surface area contributed by atoms with Crippen molar-refractivity contribution in [1.29, 1.82) is 0 Å². The number of carbonyl (C=O) groups is 1. The summed E-state index contributed by atoms with van der Waals surface area (Å²) in [6.07, 6.45) is 4.47. The molecule has 4 N–H and O–H groups in total. The number of amides is 2. The Hall–Kier alpha value is -4.13. The van der Waals surface area contributed by atoms with Crippen LogP contribution in [0.25, 0.3) is 16.9 Å². The second-order valence-electron chi connectivity index (χ2n) is 9.73. The van der Waals surface area contributed by atoms with Gasteiger partial charge in [0.15, 0.2) is 11.6 Å². The van der Waals surface area contributed by atoms with Crippen LogP contribution in [0.5, 0.6) is 0 Å². The zero-order chi connectivity index (χ0) is 29.4. The maximum Gasteiger partial charge on any atom is 0.317 e. The molecule has 1 aliphatic rings.